The SMILES string of the molecule is CCCn1cc[n+](CCC)c1[B-]1(F)OC(C)(C)C(C)(C)O1. The van der Waals surface area contributed by atoms with Gasteiger partial charge in [0.25, 0.3) is 0 Å². The largest absolute Gasteiger partial charge is 0.526 e. The van der Waals surface area contributed by atoms with Gasteiger partial charge in [-0.05, 0) is 40.5 Å². The highest BCUT2D eigenvalue weighted by molar-refractivity contribution is 6.73. The zero-order chi connectivity index (χ0) is 15.9. The van der Waals surface area contributed by atoms with Gasteiger partial charge in [0.2, 0.25) is 0 Å². The van der Waals surface area contributed by atoms with Gasteiger partial charge in [-0.25, -0.2) is 0 Å². The van der Waals surface area contributed by atoms with Crippen LogP contribution in [0.2, 0.25) is 0 Å². The molecular formula is C15H28BFN2O2. The zero-order valence-corrected chi connectivity index (χ0v) is 14.1. The second-order valence-electron chi connectivity index (χ2n) is 6.92. The molecule has 1 fully saturated rings. The van der Waals surface area contributed by atoms with E-state index in [2.05, 4.69) is 13.8 Å². The van der Waals surface area contributed by atoms with Crippen molar-refractivity contribution in [3.8, 4) is 0 Å². The minimum absolute atomic E-state index is 0.511. The van der Waals surface area contributed by atoms with Gasteiger partial charge in [-0.3, -0.25) is 9.13 Å². The summed E-state index contributed by atoms with van der Waals surface area (Å²) in [5.41, 5.74) is -0.836. The molecule has 6 heteroatoms. The Morgan fingerprint density at radius 2 is 1.71 bits per heavy atom. The number of imidazole rings is 1. The van der Waals surface area contributed by atoms with Gasteiger partial charge in [-0.1, -0.05) is 13.8 Å². The molecule has 0 atom stereocenters. The van der Waals surface area contributed by atoms with Crippen LogP contribution in [0.1, 0.15) is 54.4 Å². The molecule has 0 aliphatic carbocycles. The fraction of sp³-hybridized carbons (Fsp3) is 0.800. The predicted octanol–water partition coefficient (Wildman–Crippen LogP) is 2.32. The van der Waals surface area contributed by atoms with Crippen molar-refractivity contribution < 1.29 is 18.2 Å². The van der Waals surface area contributed by atoms with E-state index in [1.807, 2.05) is 49.2 Å². The maximum absolute atomic E-state index is 15.6. The fourth-order valence-electron chi connectivity index (χ4n) is 2.91. The van der Waals surface area contributed by atoms with E-state index >= 15 is 4.32 Å². The van der Waals surface area contributed by atoms with Gasteiger partial charge in [0.05, 0.1) is 13.1 Å². The van der Waals surface area contributed by atoms with Gasteiger partial charge in [0.15, 0.2) is 5.72 Å². The molecule has 1 aromatic rings. The number of halogens is 1. The van der Waals surface area contributed by atoms with Gasteiger partial charge >= 0.3 is 6.83 Å². The lowest BCUT2D eigenvalue weighted by Crippen LogP contribution is -2.65. The summed E-state index contributed by atoms with van der Waals surface area (Å²) in [6.07, 6.45) is 5.71. The van der Waals surface area contributed by atoms with Gasteiger partial charge < -0.3 is 13.6 Å². The molecule has 0 N–H and O–H groups in total. The summed E-state index contributed by atoms with van der Waals surface area (Å²) in [5, 5.41) is 0. The van der Waals surface area contributed by atoms with Crippen molar-refractivity contribution >= 4 is 12.6 Å². The number of aryl methyl sites for hydroxylation is 2. The molecule has 1 aliphatic heterocycles. The number of hydrogen-bond acceptors (Lipinski definition) is 2. The molecule has 0 amide bonds. The summed E-state index contributed by atoms with van der Waals surface area (Å²) in [4.78, 5) is 0. The van der Waals surface area contributed by atoms with E-state index in [4.69, 9.17) is 9.31 Å². The maximum atomic E-state index is 15.6. The highest BCUT2D eigenvalue weighted by atomic mass is 19.1. The summed E-state index contributed by atoms with van der Waals surface area (Å²) in [7, 11) is 0. The third kappa shape index (κ3) is 2.75. The minimum Gasteiger partial charge on any atom is -0.526 e. The van der Waals surface area contributed by atoms with Crippen LogP contribution in [0.15, 0.2) is 12.4 Å². The Labute approximate surface area is 127 Å². The molecule has 0 radical (unpaired) electrons. The average molecular weight is 298 g/mol. The molecule has 0 saturated carbocycles. The smallest absolute Gasteiger partial charge is 0.524 e. The fourth-order valence-corrected chi connectivity index (χ4v) is 2.91. The molecule has 1 aromatic heterocycles. The minimum atomic E-state index is -2.98. The van der Waals surface area contributed by atoms with Crippen molar-refractivity contribution in [1.82, 2.24) is 4.57 Å². The summed E-state index contributed by atoms with van der Waals surface area (Å²) in [6, 6.07) is 0. The Hall–Kier alpha value is -0.875. The van der Waals surface area contributed by atoms with Crippen molar-refractivity contribution in [3.05, 3.63) is 12.4 Å². The molecule has 0 spiro atoms. The Bertz CT molecular complexity index is 474. The lowest BCUT2D eigenvalue weighted by Gasteiger charge is -2.36. The van der Waals surface area contributed by atoms with E-state index in [9.17, 15) is 0 Å². The van der Waals surface area contributed by atoms with E-state index in [-0.39, 0.29) is 0 Å². The van der Waals surface area contributed by atoms with E-state index in [0.717, 1.165) is 25.9 Å². The number of nitrogens with zero attached hydrogens (tertiary/aromatic N) is 2. The van der Waals surface area contributed by atoms with Crippen LogP contribution in [-0.4, -0.2) is 22.6 Å². The number of hydrogen-bond donors (Lipinski definition) is 0. The van der Waals surface area contributed by atoms with Crippen molar-refractivity contribution in [3.63, 3.8) is 0 Å². The Balaban J connectivity index is 2.47. The highest BCUT2D eigenvalue weighted by Crippen LogP contribution is 2.41. The molecule has 2 heterocycles. The van der Waals surface area contributed by atoms with E-state index in [1.165, 1.54) is 0 Å². The lowest BCUT2D eigenvalue weighted by atomic mass is 9.80. The van der Waals surface area contributed by atoms with Gasteiger partial charge in [0, 0.05) is 11.2 Å². The van der Waals surface area contributed by atoms with Crippen molar-refractivity contribution in [2.75, 3.05) is 0 Å². The van der Waals surface area contributed by atoms with Gasteiger partial charge in [-0.15, -0.1) is 0 Å². The first kappa shape index (κ1) is 16.5. The van der Waals surface area contributed by atoms with Gasteiger partial charge in [0.1, 0.15) is 12.4 Å². The Morgan fingerprint density at radius 1 is 1.14 bits per heavy atom. The first-order valence-electron chi connectivity index (χ1n) is 7.98. The number of aromatic nitrogens is 2. The first-order valence-corrected chi connectivity index (χ1v) is 7.98. The molecule has 0 unspecified atom stereocenters. The van der Waals surface area contributed by atoms with Crippen molar-refractivity contribution in [1.29, 1.82) is 0 Å². The normalized spacial score (nSPS) is 22.6. The van der Waals surface area contributed by atoms with Crippen LogP contribution in [0.25, 0.3) is 0 Å². The molecule has 0 aromatic carbocycles. The molecule has 120 valence electrons. The molecule has 4 nitrogen and oxygen atoms in total. The third-order valence-corrected chi connectivity index (χ3v) is 4.59. The standard InChI is InChI=1S/C15H28BFN2O2/c1-7-9-18-11-12-19(10-8-2)13(18)16(17)20-14(3,4)15(5,6)21-16/h11-12H,7-10H2,1-6H3. The zero-order valence-electron chi connectivity index (χ0n) is 14.1. The van der Waals surface area contributed by atoms with Crippen LogP contribution < -0.4 is 10.3 Å². The van der Waals surface area contributed by atoms with E-state index in [0.29, 0.717) is 5.72 Å². The van der Waals surface area contributed by atoms with Crippen molar-refractivity contribution in [2.45, 2.75) is 78.7 Å². The van der Waals surface area contributed by atoms with Crippen LogP contribution in [0.3, 0.4) is 0 Å². The van der Waals surface area contributed by atoms with E-state index < -0.39 is 18.0 Å². The lowest BCUT2D eigenvalue weighted by molar-refractivity contribution is -0.680. The topological polar surface area (TPSA) is 27.3 Å². The van der Waals surface area contributed by atoms with Crippen LogP contribution in [0, 0.1) is 0 Å². The highest BCUT2D eigenvalue weighted by Gasteiger charge is 2.58. The molecule has 1 saturated heterocycles. The van der Waals surface area contributed by atoms with Crippen LogP contribution in [-0.2, 0) is 22.4 Å². The first-order chi connectivity index (χ1) is 9.67. The third-order valence-electron chi connectivity index (χ3n) is 4.59. The second-order valence-corrected chi connectivity index (χ2v) is 6.92. The summed E-state index contributed by atoms with van der Waals surface area (Å²) >= 11 is 0. The monoisotopic (exact) mass is 298 g/mol. The summed E-state index contributed by atoms with van der Waals surface area (Å²) < 4.78 is 31.1. The maximum Gasteiger partial charge on any atom is 0.524 e. The van der Waals surface area contributed by atoms with Crippen LogP contribution in [0.4, 0.5) is 4.32 Å². The molecule has 2 rings (SSSR count). The summed E-state index contributed by atoms with van der Waals surface area (Å²) in [6.45, 7) is 10.2. The predicted molar refractivity (Wildman–Crippen MR) is 82.0 cm³/mol. The van der Waals surface area contributed by atoms with E-state index in [1.54, 1.807) is 0 Å². The quantitative estimate of drug-likeness (QED) is 0.616. The summed E-state index contributed by atoms with van der Waals surface area (Å²) in [5.74, 6) is 0. The molecule has 1 aliphatic rings. The van der Waals surface area contributed by atoms with Crippen LogP contribution in [0.5, 0.6) is 0 Å². The van der Waals surface area contributed by atoms with Crippen LogP contribution >= 0.6 is 0 Å². The number of rotatable bonds is 5. The average Bonchev–Trinajstić information content (AvgIpc) is 2.78. The van der Waals surface area contributed by atoms with Gasteiger partial charge in [-0.2, -0.15) is 0 Å². The molecular weight excluding hydrogens is 270 g/mol. The Kier molecular flexibility index (Phi) is 4.24. The second kappa shape index (κ2) is 5.40. The Morgan fingerprint density at radius 3 is 2.19 bits per heavy atom. The molecule has 0 bridgehead atoms. The van der Waals surface area contributed by atoms with Crippen molar-refractivity contribution in [2.24, 2.45) is 0 Å². The molecule has 21 heavy (non-hydrogen) atoms.